The summed E-state index contributed by atoms with van der Waals surface area (Å²) in [5.74, 6) is -0.704. The Bertz CT molecular complexity index is 724. The summed E-state index contributed by atoms with van der Waals surface area (Å²) in [6, 6.07) is 0.162. The van der Waals surface area contributed by atoms with E-state index in [9.17, 15) is 9.59 Å². The zero-order valence-corrected chi connectivity index (χ0v) is 13.0. The summed E-state index contributed by atoms with van der Waals surface area (Å²) < 4.78 is 16.1. The predicted octanol–water partition coefficient (Wildman–Crippen LogP) is 1.03. The van der Waals surface area contributed by atoms with E-state index in [0.717, 1.165) is 12.8 Å². The van der Waals surface area contributed by atoms with Crippen LogP contribution < -0.4 is 0 Å². The molecule has 0 radical (unpaired) electrons. The van der Waals surface area contributed by atoms with Crippen LogP contribution in [0.15, 0.2) is 10.3 Å². The second kappa shape index (κ2) is 4.89. The SMILES string of the molecule is CCCc1nc(C2=C3CC4CCC2(OC(=O)C(=O)O3)N4C)no1. The highest BCUT2D eigenvalue weighted by Gasteiger charge is 2.59. The molecule has 1 aromatic rings. The molecular weight excluding hydrogens is 302 g/mol. The van der Waals surface area contributed by atoms with Gasteiger partial charge in [0.05, 0.1) is 5.57 Å². The molecule has 0 saturated carbocycles. The summed E-state index contributed by atoms with van der Waals surface area (Å²) in [5, 5.41) is 4.03. The fourth-order valence-electron chi connectivity index (χ4n) is 3.69. The monoisotopic (exact) mass is 319 g/mol. The molecular formula is C15H17N3O5. The number of carbonyl (C=O) groups excluding carboxylic acids is 2. The van der Waals surface area contributed by atoms with Crippen molar-refractivity contribution < 1.29 is 23.6 Å². The average molecular weight is 319 g/mol. The molecule has 2 atom stereocenters. The van der Waals surface area contributed by atoms with Gasteiger partial charge in [-0.2, -0.15) is 4.98 Å². The van der Waals surface area contributed by atoms with E-state index in [-0.39, 0.29) is 6.04 Å². The minimum atomic E-state index is -1.05. The molecule has 3 aliphatic heterocycles. The van der Waals surface area contributed by atoms with Crippen molar-refractivity contribution in [3.8, 4) is 0 Å². The van der Waals surface area contributed by atoms with Crippen molar-refractivity contribution in [3.05, 3.63) is 17.5 Å². The number of ether oxygens (including phenoxy) is 2. The summed E-state index contributed by atoms with van der Waals surface area (Å²) in [7, 11) is 1.88. The molecule has 3 aliphatic rings. The Morgan fingerprint density at radius 3 is 2.96 bits per heavy atom. The molecule has 8 nitrogen and oxygen atoms in total. The molecule has 23 heavy (non-hydrogen) atoms. The molecule has 4 rings (SSSR count). The molecule has 1 saturated heterocycles. The highest BCUT2D eigenvalue weighted by atomic mass is 16.6. The van der Waals surface area contributed by atoms with Crippen LogP contribution in [0.4, 0.5) is 0 Å². The van der Waals surface area contributed by atoms with Gasteiger partial charge in [0.25, 0.3) is 0 Å². The number of esters is 2. The summed E-state index contributed by atoms with van der Waals surface area (Å²) in [4.78, 5) is 30.1. The number of aryl methyl sites for hydroxylation is 1. The number of nitrogens with zero attached hydrogens (tertiary/aromatic N) is 3. The van der Waals surface area contributed by atoms with Gasteiger partial charge in [-0.1, -0.05) is 12.1 Å². The first kappa shape index (κ1) is 14.4. The largest absolute Gasteiger partial charge is 0.431 e. The Hall–Kier alpha value is -2.22. The van der Waals surface area contributed by atoms with Gasteiger partial charge in [-0.05, 0) is 19.9 Å². The van der Waals surface area contributed by atoms with Crippen molar-refractivity contribution in [2.24, 2.45) is 0 Å². The van der Waals surface area contributed by atoms with Crippen LogP contribution in [0.1, 0.15) is 44.3 Å². The van der Waals surface area contributed by atoms with Crippen LogP contribution in [0.2, 0.25) is 0 Å². The molecule has 3 bridgehead atoms. The third-order valence-electron chi connectivity index (χ3n) is 4.82. The van der Waals surface area contributed by atoms with Crippen molar-refractivity contribution in [1.29, 1.82) is 0 Å². The lowest BCUT2D eigenvalue weighted by Gasteiger charge is -2.40. The normalized spacial score (nSPS) is 30.3. The lowest BCUT2D eigenvalue weighted by molar-refractivity contribution is -0.176. The smallest absolute Gasteiger partial charge is 0.422 e. The number of fused-ring (bicyclic) bond motifs is 1. The van der Waals surface area contributed by atoms with Crippen LogP contribution in [0.3, 0.4) is 0 Å². The van der Waals surface area contributed by atoms with Gasteiger partial charge in [-0.25, -0.2) is 9.59 Å². The molecule has 122 valence electrons. The van der Waals surface area contributed by atoms with Crippen LogP contribution in [0.25, 0.3) is 5.57 Å². The first-order chi connectivity index (χ1) is 11.0. The van der Waals surface area contributed by atoms with Gasteiger partial charge in [0.2, 0.25) is 17.4 Å². The van der Waals surface area contributed by atoms with Crippen LogP contribution in [-0.2, 0) is 25.5 Å². The Labute approximate surface area is 132 Å². The maximum Gasteiger partial charge on any atom is 0.422 e. The van der Waals surface area contributed by atoms with E-state index >= 15 is 0 Å². The van der Waals surface area contributed by atoms with E-state index in [0.29, 0.717) is 42.3 Å². The van der Waals surface area contributed by atoms with Gasteiger partial charge >= 0.3 is 11.9 Å². The van der Waals surface area contributed by atoms with Crippen molar-refractivity contribution >= 4 is 17.5 Å². The molecule has 0 aliphatic carbocycles. The van der Waals surface area contributed by atoms with Gasteiger partial charge in [0, 0.05) is 25.3 Å². The molecule has 0 amide bonds. The topological polar surface area (TPSA) is 94.8 Å². The first-order valence-electron chi connectivity index (χ1n) is 7.80. The molecule has 2 unspecified atom stereocenters. The van der Waals surface area contributed by atoms with Gasteiger partial charge in [0.1, 0.15) is 5.76 Å². The van der Waals surface area contributed by atoms with Crippen LogP contribution in [-0.4, -0.2) is 45.8 Å². The van der Waals surface area contributed by atoms with E-state index < -0.39 is 17.7 Å². The van der Waals surface area contributed by atoms with Gasteiger partial charge in [-0.3, -0.25) is 4.90 Å². The summed E-state index contributed by atoms with van der Waals surface area (Å²) in [6.07, 6.45) is 3.49. The van der Waals surface area contributed by atoms with Crippen LogP contribution >= 0.6 is 0 Å². The summed E-state index contributed by atoms with van der Waals surface area (Å²) >= 11 is 0. The first-order valence-corrected chi connectivity index (χ1v) is 7.80. The number of aromatic nitrogens is 2. The number of hydrogen-bond acceptors (Lipinski definition) is 8. The lowest BCUT2D eigenvalue weighted by Crippen LogP contribution is -2.51. The van der Waals surface area contributed by atoms with Gasteiger partial charge in [0.15, 0.2) is 0 Å². The molecule has 8 heteroatoms. The Kier molecular flexibility index (Phi) is 3.06. The molecule has 0 N–H and O–H groups in total. The summed E-state index contributed by atoms with van der Waals surface area (Å²) in [6.45, 7) is 2.02. The number of carbonyl (C=O) groups is 2. The van der Waals surface area contributed by atoms with E-state index in [1.807, 2.05) is 18.9 Å². The minimum absolute atomic E-state index is 0.162. The minimum Gasteiger partial charge on any atom is -0.431 e. The maximum atomic E-state index is 12.0. The maximum absolute atomic E-state index is 12.0. The number of likely N-dealkylation sites (N-methyl/N-ethyl adjacent to an activating group) is 1. The standard InChI is InChI=1S/C15H17N3O5/c1-3-4-10-16-12(17-23-10)11-9-7-8-5-6-15(11,18(8)2)22-14(20)13(19)21-9/h8H,3-7H2,1-2H3. The number of hydrogen-bond donors (Lipinski definition) is 0. The average Bonchev–Trinajstić information content (AvgIpc) is 3.01. The second-order valence-corrected chi connectivity index (χ2v) is 6.13. The third kappa shape index (κ3) is 1.94. The molecule has 4 heterocycles. The number of rotatable bonds is 3. The quantitative estimate of drug-likeness (QED) is 0.602. The van der Waals surface area contributed by atoms with E-state index in [1.165, 1.54) is 0 Å². The van der Waals surface area contributed by atoms with E-state index in [4.69, 9.17) is 14.0 Å². The Morgan fingerprint density at radius 2 is 2.17 bits per heavy atom. The summed E-state index contributed by atoms with van der Waals surface area (Å²) in [5.41, 5.74) is -0.506. The van der Waals surface area contributed by atoms with E-state index in [1.54, 1.807) is 0 Å². The molecule has 1 aromatic heterocycles. The molecule has 0 aromatic carbocycles. The van der Waals surface area contributed by atoms with E-state index in [2.05, 4.69) is 10.1 Å². The van der Waals surface area contributed by atoms with Crippen molar-refractivity contribution in [3.63, 3.8) is 0 Å². The Morgan fingerprint density at radius 1 is 1.35 bits per heavy atom. The molecule has 1 spiro atoms. The van der Waals surface area contributed by atoms with Crippen LogP contribution in [0.5, 0.6) is 0 Å². The fraction of sp³-hybridized carbons (Fsp3) is 0.600. The Balaban J connectivity index is 1.87. The highest BCUT2D eigenvalue weighted by Crippen LogP contribution is 2.51. The van der Waals surface area contributed by atoms with Gasteiger partial charge in [-0.15, -0.1) is 0 Å². The van der Waals surface area contributed by atoms with Crippen LogP contribution in [0, 0.1) is 0 Å². The lowest BCUT2D eigenvalue weighted by atomic mass is 9.95. The fourth-order valence-corrected chi connectivity index (χ4v) is 3.69. The second-order valence-electron chi connectivity index (χ2n) is 6.13. The predicted molar refractivity (Wildman–Crippen MR) is 75.5 cm³/mol. The van der Waals surface area contributed by atoms with Crippen molar-refractivity contribution in [2.75, 3.05) is 7.05 Å². The van der Waals surface area contributed by atoms with Gasteiger partial charge < -0.3 is 14.0 Å². The van der Waals surface area contributed by atoms with Crippen molar-refractivity contribution in [1.82, 2.24) is 15.0 Å². The van der Waals surface area contributed by atoms with Crippen molar-refractivity contribution in [2.45, 2.75) is 50.8 Å². The highest BCUT2D eigenvalue weighted by molar-refractivity contribution is 6.30. The zero-order valence-electron chi connectivity index (χ0n) is 13.0. The third-order valence-corrected chi connectivity index (χ3v) is 4.82. The molecule has 1 fully saturated rings. The zero-order chi connectivity index (χ0) is 16.2.